The third-order valence-corrected chi connectivity index (χ3v) is 3.35. The summed E-state index contributed by atoms with van der Waals surface area (Å²) < 4.78 is 15.9. The Kier molecular flexibility index (Phi) is 4.74. The van der Waals surface area contributed by atoms with E-state index in [1.54, 1.807) is 6.07 Å². The molecule has 19 heavy (non-hydrogen) atoms. The largest absolute Gasteiger partial charge is 0.350 e. The van der Waals surface area contributed by atoms with E-state index in [1.165, 1.54) is 11.8 Å². The molecule has 0 amide bonds. The molecular formula is C16H21FN2. The van der Waals surface area contributed by atoms with Crippen LogP contribution in [0.4, 0.5) is 4.39 Å². The second kappa shape index (κ2) is 6.53. The third kappa shape index (κ3) is 3.44. The normalized spacial score (nSPS) is 12.6. The molecule has 2 aromatic rings. The van der Waals surface area contributed by atoms with Gasteiger partial charge in [0.25, 0.3) is 0 Å². The Hall–Kier alpha value is -1.61. The first kappa shape index (κ1) is 13.8. The number of benzene rings is 1. The number of rotatable bonds is 6. The average Bonchev–Trinajstić information content (AvgIpc) is 2.84. The first-order chi connectivity index (χ1) is 9.22. The molecule has 0 fully saturated rings. The van der Waals surface area contributed by atoms with Crippen molar-refractivity contribution in [3.8, 4) is 0 Å². The highest BCUT2D eigenvalue weighted by Gasteiger charge is 2.10. The van der Waals surface area contributed by atoms with E-state index in [0.717, 1.165) is 25.1 Å². The van der Waals surface area contributed by atoms with Crippen molar-refractivity contribution in [2.45, 2.75) is 39.4 Å². The van der Waals surface area contributed by atoms with Crippen molar-refractivity contribution >= 4 is 0 Å². The van der Waals surface area contributed by atoms with Crippen LogP contribution in [-0.2, 0) is 13.1 Å². The SMILES string of the molecule is CCCn1cccc1CNC(C)c1ccccc1F. The molecule has 2 nitrogen and oxygen atoms in total. The number of aryl methyl sites for hydroxylation is 1. The molecule has 1 aromatic heterocycles. The molecule has 0 bridgehead atoms. The second-order valence-corrected chi connectivity index (χ2v) is 4.82. The molecular weight excluding hydrogens is 239 g/mol. The molecule has 1 aromatic carbocycles. The second-order valence-electron chi connectivity index (χ2n) is 4.82. The Bertz CT molecular complexity index is 519. The molecule has 102 valence electrons. The van der Waals surface area contributed by atoms with Gasteiger partial charge in [-0.05, 0) is 31.5 Å². The van der Waals surface area contributed by atoms with Crippen LogP contribution < -0.4 is 5.32 Å². The van der Waals surface area contributed by atoms with Crippen LogP contribution in [0, 0.1) is 5.82 Å². The van der Waals surface area contributed by atoms with Gasteiger partial charge in [0.15, 0.2) is 0 Å². The lowest BCUT2D eigenvalue weighted by molar-refractivity contribution is 0.512. The molecule has 3 heteroatoms. The van der Waals surface area contributed by atoms with E-state index < -0.39 is 0 Å². The topological polar surface area (TPSA) is 17.0 Å². The van der Waals surface area contributed by atoms with Crippen LogP contribution in [0.2, 0.25) is 0 Å². The predicted octanol–water partition coefficient (Wildman–Crippen LogP) is 3.89. The summed E-state index contributed by atoms with van der Waals surface area (Å²) in [6, 6.07) is 11.1. The monoisotopic (exact) mass is 260 g/mol. The number of halogens is 1. The van der Waals surface area contributed by atoms with Gasteiger partial charge in [0, 0.05) is 36.6 Å². The summed E-state index contributed by atoms with van der Waals surface area (Å²) in [6.45, 7) is 5.94. The summed E-state index contributed by atoms with van der Waals surface area (Å²) in [7, 11) is 0. The van der Waals surface area contributed by atoms with Crippen molar-refractivity contribution in [3.05, 3.63) is 59.7 Å². The van der Waals surface area contributed by atoms with Gasteiger partial charge in [0.2, 0.25) is 0 Å². The molecule has 0 spiro atoms. The lowest BCUT2D eigenvalue weighted by Crippen LogP contribution is -2.20. The van der Waals surface area contributed by atoms with Crippen LogP contribution in [0.25, 0.3) is 0 Å². The Morgan fingerprint density at radius 2 is 2.00 bits per heavy atom. The van der Waals surface area contributed by atoms with Crippen LogP contribution in [0.5, 0.6) is 0 Å². The molecule has 1 unspecified atom stereocenters. The van der Waals surface area contributed by atoms with Gasteiger partial charge in [0.05, 0.1) is 0 Å². The summed E-state index contributed by atoms with van der Waals surface area (Å²) in [6.07, 6.45) is 3.21. The van der Waals surface area contributed by atoms with Crippen molar-refractivity contribution in [1.29, 1.82) is 0 Å². The molecule has 1 N–H and O–H groups in total. The van der Waals surface area contributed by atoms with Crippen LogP contribution in [0.1, 0.15) is 37.6 Å². The minimum absolute atomic E-state index is 0.00572. The van der Waals surface area contributed by atoms with Crippen LogP contribution in [0.3, 0.4) is 0 Å². The van der Waals surface area contributed by atoms with Gasteiger partial charge in [0.1, 0.15) is 5.82 Å². The van der Waals surface area contributed by atoms with E-state index in [1.807, 2.05) is 19.1 Å². The maximum atomic E-state index is 13.7. The summed E-state index contributed by atoms with van der Waals surface area (Å²) in [5.41, 5.74) is 1.96. The first-order valence-corrected chi connectivity index (χ1v) is 6.84. The highest BCUT2D eigenvalue weighted by molar-refractivity contribution is 5.20. The van der Waals surface area contributed by atoms with Gasteiger partial charge in [-0.2, -0.15) is 0 Å². The molecule has 0 aliphatic carbocycles. The van der Waals surface area contributed by atoms with Crippen molar-refractivity contribution in [2.75, 3.05) is 0 Å². The summed E-state index contributed by atoms with van der Waals surface area (Å²) >= 11 is 0. The molecule has 1 atom stereocenters. The van der Waals surface area contributed by atoms with Gasteiger partial charge in [-0.25, -0.2) is 4.39 Å². The van der Waals surface area contributed by atoms with Crippen LogP contribution in [-0.4, -0.2) is 4.57 Å². The molecule has 0 radical (unpaired) electrons. The van der Waals surface area contributed by atoms with Crippen molar-refractivity contribution < 1.29 is 4.39 Å². The van der Waals surface area contributed by atoms with Crippen molar-refractivity contribution in [1.82, 2.24) is 9.88 Å². The zero-order valence-electron chi connectivity index (χ0n) is 11.6. The van der Waals surface area contributed by atoms with E-state index in [-0.39, 0.29) is 11.9 Å². The van der Waals surface area contributed by atoms with E-state index in [4.69, 9.17) is 0 Å². The molecule has 0 aliphatic rings. The summed E-state index contributed by atoms with van der Waals surface area (Å²) in [5, 5.41) is 3.38. The van der Waals surface area contributed by atoms with E-state index >= 15 is 0 Å². The Morgan fingerprint density at radius 1 is 1.21 bits per heavy atom. The fourth-order valence-electron chi connectivity index (χ4n) is 2.26. The Morgan fingerprint density at radius 3 is 2.74 bits per heavy atom. The van der Waals surface area contributed by atoms with Crippen molar-refractivity contribution in [2.24, 2.45) is 0 Å². The summed E-state index contributed by atoms with van der Waals surface area (Å²) in [4.78, 5) is 0. The molecule has 0 aliphatic heterocycles. The lowest BCUT2D eigenvalue weighted by atomic mass is 10.1. The maximum Gasteiger partial charge on any atom is 0.127 e. The molecule has 1 heterocycles. The zero-order valence-corrected chi connectivity index (χ0v) is 11.6. The molecule has 0 saturated carbocycles. The Balaban J connectivity index is 1.98. The van der Waals surface area contributed by atoms with Crippen molar-refractivity contribution in [3.63, 3.8) is 0 Å². The standard InChI is InChI=1S/C16H21FN2/c1-3-10-19-11-6-7-14(19)12-18-13(2)15-8-4-5-9-16(15)17/h4-9,11,13,18H,3,10,12H2,1-2H3. The number of nitrogens with zero attached hydrogens (tertiary/aromatic N) is 1. The quantitative estimate of drug-likeness (QED) is 0.834. The van der Waals surface area contributed by atoms with Gasteiger partial charge < -0.3 is 9.88 Å². The van der Waals surface area contributed by atoms with E-state index in [0.29, 0.717) is 0 Å². The number of hydrogen-bond donors (Lipinski definition) is 1. The van der Waals surface area contributed by atoms with E-state index in [2.05, 4.69) is 35.1 Å². The van der Waals surface area contributed by atoms with Gasteiger partial charge in [-0.1, -0.05) is 25.1 Å². The highest BCUT2D eigenvalue weighted by Crippen LogP contribution is 2.16. The van der Waals surface area contributed by atoms with Gasteiger partial charge in [-0.15, -0.1) is 0 Å². The molecule has 0 saturated heterocycles. The Labute approximate surface area is 114 Å². The smallest absolute Gasteiger partial charge is 0.127 e. The fraction of sp³-hybridized carbons (Fsp3) is 0.375. The third-order valence-electron chi connectivity index (χ3n) is 3.35. The lowest BCUT2D eigenvalue weighted by Gasteiger charge is -2.16. The van der Waals surface area contributed by atoms with Crippen LogP contribution in [0.15, 0.2) is 42.6 Å². The minimum Gasteiger partial charge on any atom is -0.350 e. The zero-order chi connectivity index (χ0) is 13.7. The highest BCUT2D eigenvalue weighted by atomic mass is 19.1. The number of hydrogen-bond acceptors (Lipinski definition) is 1. The number of aromatic nitrogens is 1. The average molecular weight is 260 g/mol. The minimum atomic E-state index is -0.147. The van der Waals surface area contributed by atoms with Gasteiger partial charge >= 0.3 is 0 Å². The molecule has 2 rings (SSSR count). The van der Waals surface area contributed by atoms with Gasteiger partial charge in [-0.3, -0.25) is 0 Å². The summed E-state index contributed by atoms with van der Waals surface area (Å²) in [5.74, 6) is -0.147. The van der Waals surface area contributed by atoms with E-state index in [9.17, 15) is 4.39 Å². The number of nitrogens with one attached hydrogen (secondary N) is 1. The maximum absolute atomic E-state index is 13.7. The predicted molar refractivity (Wildman–Crippen MR) is 76.4 cm³/mol. The fourth-order valence-corrected chi connectivity index (χ4v) is 2.26. The van der Waals surface area contributed by atoms with Crippen LogP contribution >= 0.6 is 0 Å². The first-order valence-electron chi connectivity index (χ1n) is 6.84.